The van der Waals surface area contributed by atoms with E-state index in [0.29, 0.717) is 12.1 Å². The molecule has 0 saturated carbocycles. The molecule has 1 atom stereocenters. The first-order chi connectivity index (χ1) is 11.2. The normalized spacial score (nSPS) is 19.8. The van der Waals surface area contributed by atoms with E-state index in [-0.39, 0.29) is 41.4 Å². The molecule has 2 amide bonds. The molecule has 2 aromatic rings. The number of amides is 2. The third-order valence-electron chi connectivity index (χ3n) is 4.29. The molecular formula is C19H19N2NaO2. The fourth-order valence-corrected chi connectivity index (χ4v) is 3.01. The van der Waals surface area contributed by atoms with E-state index in [4.69, 9.17) is 0 Å². The molecule has 1 aliphatic rings. The van der Waals surface area contributed by atoms with Crippen LogP contribution in [-0.2, 0) is 15.0 Å². The summed E-state index contributed by atoms with van der Waals surface area (Å²) in [5.41, 5.74) is 4.23. The molecule has 1 heterocycles. The second-order valence-electron chi connectivity index (χ2n) is 5.73. The summed E-state index contributed by atoms with van der Waals surface area (Å²) in [5.74, 6) is -0.626. The van der Waals surface area contributed by atoms with Crippen molar-refractivity contribution in [3.8, 4) is 0 Å². The molecule has 5 heteroatoms. The first-order valence-corrected chi connectivity index (χ1v) is 7.91. The van der Waals surface area contributed by atoms with Gasteiger partial charge in [0.1, 0.15) is 5.41 Å². The van der Waals surface area contributed by atoms with Crippen LogP contribution in [0.5, 0.6) is 0 Å². The zero-order valence-electron chi connectivity index (χ0n) is 14.1. The second-order valence-corrected chi connectivity index (χ2v) is 5.73. The SMILES string of the molecule is CCCCC1(c2ccccc2)C(=O)[N-]N(c2ccccc2)C1=O.[Na+]. The molecule has 0 aliphatic carbocycles. The van der Waals surface area contributed by atoms with Crippen LogP contribution >= 0.6 is 0 Å². The number of rotatable bonds is 5. The number of anilines is 1. The van der Waals surface area contributed by atoms with Crippen LogP contribution in [0.4, 0.5) is 5.69 Å². The smallest absolute Gasteiger partial charge is 0.556 e. The number of nitrogens with zero attached hydrogens (tertiary/aromatic N) is 2. The summed E-state index contributed by atoms with van der Waals surface area (Å²) < 4.78 is 0. The van der Waals surface area contributed by atoms with E-state index in [1.807, 2.05) is 48.5 Å². The Morgan fingerprint density at radius 2 is 1.54 bits per heavy atom. The average Bonchev–Trinajstić information content (AvgIpc) is 2.86. The minimum Gasteiger partial charge on any atom is -0.556 e. The average molecular weight is 330 g/mol. The number of carbonyl (C=O) groups is 2. The third kappa shape index (κ3) is 3.14. The van der Waals surface area contributed by atoms with Crippen molar-refractivity contribution in [3.63, 3.8) is 0 Å². The standard InChI is InChI=1S/C19H20N2O2.Na/c1-2-3-14-19(15-10-6-4-7-11-15)17(22)20-21(18(19)23)16-12-8-5-9-13-16;/h4-13H,2-3,14H2,1H3,(H,20,22);/q;+1/p-1. The molecule has 0 aromatic heterocycles. The van der Waals surface area contributed by atoms with Gasteiger partial charge in [0.15, 0.2) is 0 Å². The maximum Gasteiger partial charge on any atom is 1.00 e. The van der Waals surface area contributed by atoms with Crippen LogP contribution in [0.1, 0.15) is 31.7 Å². The summed E-state index contributed by atoms with van der Waals surface area (Å²) in [5, 5.41) is 1.25. The van der Waals surface area contributed by atoms with Gasteiger partial charge in [0.2, 0.25) is 5.91 Å². The Morgan fingerprint density at radius 1 is 0.958 bits per heavy atom. The Bertz CT molecular complexity index is 706. The summed E-state index contributed by atoms with van der Waals surface area (Å²) in [7, 11) is 0. The molecule has 0 N–H and O–H groups in total. The summed E-state index contributed by atoms with van der Waals surface area (Å²) in [6.07, 6.45) is 2.20. The van der Waals surface area contributed by atoms with Crippen LogP contribution in [0, 0.1) is 0 Å². The molecule has 1 unspecified atom stereocenters. The molecule has 118 valence electrons. The van der Waals surface area contributed by atoms with E-state index in [9.17, 15) is 9.59 Å². The summed E-state index contributed by atoms with van der Waals surface area (Å²) in [6, 6.07) is 18.4. The van der Waals surface area contributed by atoms with Gasteiger partial charge in [-0.2, -0.15) is 0 Å². The molecule has 0 radical (unpaired) electrons. The van der Waals surface area contributed by atoms with Crippen molar-refractivity contribution in [2.75, 3.05) is 5.01 Å². The zero-order valence-corrected chi connectivity index (χ0v) is 16.1. The van der Waals surface area contributed by atoms with Crippen LogP contribution in [-0.4, -0.2) is 11.8 Å². The number of para-hydroxylation sites is 1. The Balaban J connectivity index is 0.00000208. The maximum absolute atomic E-state index is 13.2. The van der Waals surface area contributed by atoms with Crippen LogP contribution in [0.2, 0.25) is 0 Å². The summed E-state index contributed by atoms with van der Waals surface area (Å²) >= 11 is 0. The minimum absolute atomic E-state index is 0. The van der Waals surface area contributed by atoms with Gasteiger partial charge in [0, 0.05) is 5.69 Å². The Labute approximate surface area is 164 Å². The van der Waals surface area contributed by atoms with Gasteiger partial charge < -0.3 is 15.2 Å². The Kier molecular flexibility index (Phi) is 6.21. The van der Waals surface area contributed by atoms with E-state index in [1.54, 1.807) is 12.1 Å². The molecule has 1 aliphatic heterocycles. The predicted octanol–water partition coefficient (Wildman–Crippen LogP) is 0.981. The quantitative estimate of drug-likeness (QED) is 0.606. The van der Waals surface area contributed by atoms with Crippen molar-refractivity contribution in [1.29, 1.82) is 0 Å². The number of carbonyl (C=O) groups excluding carboxylic acids is 2. The monoisotopic (exact) mass is 330 g/mol. The van der Waals surface area contributed by atoms with Crippen molar-refractivity contribution >= 4 is 17.5 Å². The van der Waals surface area contributed by atoms with Crippen molar-refractivity contribution < 1.29 is 39.1 Å². The molecule has 2 aromatic carbocycles. The first-order valence-electron chi connectivity index (χ1n) is 7.91. The fourth-order valence-electron chi connectivity index (χ4n) is 3.01. The summed E-state index contributed by atoms with van der Waals surface area (Å²) in [4.78, 5) is 25.9. The van der Waals surface area contributed by atoms with E-state index >= 15 is 0 Å². The molecule has 0 spiro atoms. The van der Waals surface area contributed by atoms with Gasteiger partial charge in [-0.3, -0.25) is 4.79 Å². The minimum atomic E-state index is -1.19. The fraction of sp³-hybridized carbons (Fsp3) is 0.263. The number of hydrogen-bond donors (Lipinski definition) is 0. The van der Waals surface area contributed by atoms with Crippen LogP contribution < -0.4 is 34.6 Å². The molecule has 1 saturated heterocycles. The van der Waals surface area contributed by atoms with Crippen molar-refractivity contribution in [2.45, 2.75) is 31.6 Å². The molecule has 0 bridgehead atoms. The first kappa shape index (κ1) is 18.7. The van der Waals surface area contributed by atoms with Gasteiger partial charge in [0.25, 0.3) is 0 Å². The zero-order chi connectivity index (χ0) is 16.3. The van der Waals surface area contributed by atoms with Gasteiger partial charge in [0.05, 0.1) is 5.91 Å². The van der Waals surface area contributed by atoms with Gasteiger partial charge in [-0.25, -0.2) is 0 Å². The van der Waals surface area contributed by atoms with Gasteiger partial charge in [-0.05, 0) is 24.1 Å². The van der Waals surface area contributed by atoms with Crippen LogP contribution in [0.25, 0.3) is 5.43 Å². The van der Waals surface area contributed by atoms with Crippen molar-refractivity contribution in [1.82, 2.24) is 0 Å². The Morgan fingerprint density at radius 3 is 2.12 bits per heavy atom. The van der Waals surface area contributed by atoms with E-state index in [2.05, 4.69) is 12.3 Å². The number of benzene rings is 2. The molecule has 4 nitrogen and oxygen atoms in total. The number of unbranched alkanes of at least 4 members (excludes halogenated alkanes) is 1. The molecule has 1 fully saturated rings. The largest absolute Gasteiger partial charge is 1.00 e. The van der Waals surface area contributed by atoms with Crippen LogP contribution in [0.15, 0.2) is 60.7 Å². The third-order valence-corrected chi connectivity index (χ3v) is 4.29. The van der Waals surface area contributed by atoms with Gasteiger partial charge in [-0.15, -0.1) is 0 Å². The summed E-state index contributed by atoms with van der Waals surface area (Å²) in [6.45, 7) is 2.05. The van der Waals surface area contributed by atoms with E-state index in [0.717, 1.165) is 18.4 Å². The molecular weight excluding hydrogens is 311 g/mol. The van der Waals surface area contributed by atoms with Gasteiger partial charge in [-0.1, -0.05) is 68.3 Å². The van der Waals surface area contributed by atoms with Crippen molar-refractivity contribution in [2.24, 2.45) is 0 Å². The molecule has 24 heavy (non-hydrogen) atoms. The maximum atomic E-state index is 13.2. The van der Waals surface area contributed by atoms with Crippen LogP contribution in [0.3, 0.4) is 0 Å². The van der Waals surface area contributed by atoms with Gasteiger partial charge >= 0.3 is 29.6 Å². The van der Waals surface area contributed by atoms with E-state index in [1.165, 1.54) is 5.01 Å². The Hall–Kier alpha value is -1.62. The predicted molar refractivity (Wildman–Crippen MR) is 89.9 cm³/mol. The topological polar surface area (TPSA) is 51.5 Å². The molecule has 3 rings (SSSR count). The second kappa shape index (κ2) is 7.97. The number of hydrogen-bond acceptors (Lipinski definition) is 2. The van der Waals surface area contributed by atoms with Crippen molar-refractivity contribution in [3.05, 3.63) is 71.7 Å². The van der Waals surface area contributed by atoms with E-state index < -0.39 is 5.41 Å².